The van der Waals surface area contributed by atoms with Crippen LogP contribution in [0.2, 0.25) is 0 Å². The molecule has 3 aliphatic heterocycles. The topological polar surface area (TPSA) is 307 Å². The predicted octanol–water partition coefficient (Wildman–Crippen LogP) is 5.99. The lowest BCUT2D eigenvalue weighted by atomic mass is 9.96. The Morgan fingerprint density at radius 1 is 0.410 bits per heavy atom. The summed E-state index contributed by atoms with van der Waals surface area (Å²) in [6.45, 7) is 1.73. The molecule has 0 aromatic rings. The molecule has 19 heteroatoms. The van der Waals surface area contributed by atoms with Gasteiger partial charge in [0, 0.05) is 6.42 Å². The summed E-state index contributed by atoms with van der Waals surface area (Å²) in [4.78, 5) is 13.2. The summed E-state index contributed by atoms with van der Waals surface area (Å²) in [6.07, 6.45) is 15.5. The van der Waals surface area contributed by atoms with E-state index in [2.05, 4.69) is 19.2 Å². The van der Waals surface area contributed by atoms with Crippen LogP contribution < -0.4 is 5.32 Å². The minimum absolute atomic E-state index is 0.250. The number of amides is 1. The van der Waals surface area contributed by atoms with E-state index in [1.54, 1.807) is 0 Å². The van der Waals surface area contributed by atoms with Gasteiger partial charge in [-0.05, 0) is 12.8 Å². The number of ether oxygens (including phenoxy) is 6. The van der Waals surface area contributed by atoms with Crippen LogP contribution in [0.1, 0.15) is 239 Å². The van der Waals surface area contributed by atoms with Gasteiger partial charge in [0.25, 0.3) is 0 Å². The van der Waals surface area contributed by atoms with E-state index in [-0.39, 0.29) is 18.9 Å². The number of nitrogens with one attached hydrogen (secondary N) is 1. The molecule has 462 valence electrons. The summed E-state index contributed by atoms with van der Waals surface area (Å²) in [5, 5.41) is 120. The van der Waals surface area contributed by atoms with Crippen molar-refractivity contribution in [2.24, 2.45) is 0 Å². The molecule has 3 fully saturated rings. The first-order valence-electron chi connectivity index (χ1n) is 31.3. The second kappa shape index (κ2) is 43.4. The molecule has 0 spiro atoms. The smallest absolute Gasteiger partial charge is 0.220 e. The third-order valence-corrected chi connectivity index (χ3v) is 16.2. The highest BCUT2D eigenvalue weighted by atomic mass is 16.8. The first-order chi connectivity index (χ1) is 37.8. The Bertz CT molecular complexity index is 1440. The monoisotopic (exact) mass is 1120 g/mol. The molecular formula is C59H113NO18. The van der Waals surface area contributed by atoms with Crippen molar-refractivity contribution in [1.29, 1.82) is 0 Å². The fraction of sp³-hybridized carbons (Fsp3) is 0.983. The van der Waals surface area contributed by atoms with Gasteiger partial charge in [-0.2, -0.15) is 0 Å². The van der Waals surface area contributed by atoms with Gasteiger partial charge in [0.05, 0.1) is 38.6 Å². The molecular weight excluding hydrogens is 1010 g/mol. The molecule has 0 radical (unpaired) electrons. The highest BCUT2D eigenvalue weighted by Crippen LogP contribution is 2.33. The summed E-state index contributed by atoms with van der Waals surface area (Å²) in [5.41, 5.74) is 0. The molecule has 3 heterocycles. The summed E-state index contributed by atoms with van der Waals surface area (Å²) < 4.78 is 34.2. The molecule has 0 aromatic carbocycles. The van der Waals surface area contributed by atoms with Crippen molar-refractivity contribution in [2.45, 2.75) is 343 Å². The number of carbonyl (C=O) groups is 1. The van der Waals surface area contributed by atoms with Crippen LogP contribution in [0.3, 0.4) is 0 Å². The van der Waals surface area contributed by atoms with Gasteiger partial charge >= 0.3 is 0 Å². The fourth-order valence-corrected chi connectivity index (χ4v) is 11.0. The first-order valence-corrected chi connectivity index (χ1v) is 31.3. The third kappa shape index (κ3) is 27.0. The SMILES string of the molecule is CCCCCCCCCCCCCCCCCCCCCCCCCCCCCC(O)C(COC1OC(CO)C(OC2OC(CO)C(OC3OC(CO)C(O)C(O)C3O)C(O)C2O)C(O)C1O)NC(=O)CCCCCCCC. The van der Waals surface area contributed by atoms with E-state index >= 15 is 0 Å². The summed E-state index contributed by atoms with van der Waals surface area (Å²) in [5.74, 6) is -0.250. The predicted molar refractivity (Wildman–Crippen MR) is 296 cm³/mol. The molecule has 78 heavy (non-hydrogen) atoms. The Morgan fingerprint density at radius 3 is 1.12 bits per heavy atom. The fourth-order valence-electron chi connectivity index (χ4n) is 11.0. The van der Waals surface area contributed by atoms with E-state index in [9.17, 15) is 61.0 Å². The molecule has 17 unspecified atom stereocenters. The number of carbonyl (C=O) groups excluding carboxylic acids is 1. The van der Waals surface area contributed by atoms with Crippen LogP contribution in [0.15, 0.2) is 0 Å². The molecule has 0 aromatic heterocycles. The lowest BCUT2D eigenvalue weighted by Crippen LogP contribution is -2.66. The second-order valence-electron chi connectivity index (χ2n) is 22.9. The highest BCUT2D eigenvalue weighted by Gasteiger charge is 2.53. The standard InChI is InChI=1S/C59H113NO18/c1-3-5-7-9-11-12-13-14-15-16-17-18-19-20-21-22-23-24-25-26-27-28-29-30-31-32-34-36-43(64)42(60-47(65)37-35-33-10-8-6-4-2)41-73-57-53(71)50(68)55(45(39-62)75-57)78-59-54(72)51(69)56(46(40-63)76-59)77-58-52(70)49(67)48(66)44(38-61)74-58/h42-46,48-59,61-64,66-72H,3-41H2,1-2H3,(H,60,65). The number of hydrogen-bond acceptors (Lipinski definition) is 18. The molecule has 12 N–H and O–H groups in total. The van der Waals surface area contributed by atoms with E-state index in [1.807, 2.05) is 0 Å². The van der Waals surface area contributed by atoms with Crippen molar-refractivity contribution in [2.75, 3.05) is 26.4 Å². The average molecular weight is 1120 g/mol. The molecule has 17 atom stereocenters. The van der Waals surface area contributed by atoms with Crippen molar-refractivity contribution in [3.05, 3.63) is 0 Å². The van der Waals surface area contributed by atoms with Crippen LogP contribution in [-0.2, 0) is 33.2 Å². The van der Waals surface area contributed by atoms with Gasteiger partial charge in [-0.1, -0.05) is 219 Å². The Morgan fingerprint density at radius 2 is 0.731 bits per heavy atom. The molecule has 0 saturated carbocycles. The highest BCUT2D eigenvalue weighted by molar-refractivity contribution is 5.76. The maximum atomic E-state index is 13.2. The van der Waals surface area contributed by atoms with Crippen LogP contribution in [0, 0.1) is 0 Å². The van der Waals surface area contributed by atoms with Crippen molar-refractivity contribution in [3.63, 3.8) is 0 Å². The summed E-state index contributed by atoms with van der Waals surface area (Å²) >= 11 is 0. The Balaban J connectivity index is 1.36. The number of rotatable bonds is 47. The molecule has 0 bridgehead atoms. The van der Waals surface area contributed by atoms with Crippen LogP contribution in [0.5, 0.6) is 0 Å². The molecule has 1 amide bonds. The number of unbranched alkanes of at least 4 members (excludes halogenated alkanes) is 31. The van der Waals surface area contributed by atoms with Crippen LogP contribution in [-0.4, -0.2) is 193 Å². The molecule has 3 aliphatic rings. The van der Waals surface area contributed by atoms with Crippen LogP contribution in [0.25, 0.3) is 0 Å². The van der Waals surface area contributed by atoms with Gasteiger partial charge < -0.3 is 89.9 Å². The lowest BCUT2D eigenvalue weighted by molar-refractivity contribution is -0.379. The minimum atomic E-state index is -1.97. The van der Waals surface area contributed by atoms with Crippen LogP contribution in [0.4, 0.5) is 0 Å². The van der Waals surface area contributed by atoms with Crippen molar-refractivity contribution >= 4 is 5.91 Å². The van der Waals surface area contributed by atoms with E-state index in [0.717, 1.165) is 57.8 Å². The van der Waals surface area contributed by atoms with Gasteiger partial charge in [-0.25, -0.2) is 0 Å². The maximum Gasteiger partial charge on any atom is 0.220 e. The molecule has 3 saturated heterocycles. The van der Waals surface area contributed by atoms with Crippen molar-refractivity contribution in [3.8, 4) is 0 Å². The summed E-state index contributed by atoms with van der Waals surface area (Å²) in [6, 6.07) is -0.878. The molecule has 0 aliphatic carbocycles. The third-order valence-electron chi connectivity index (χ3n) is 16.2. The zero-order valence-electron chi connectivity index (χ0n) is 48.2. The largest absolute Gasteiger partial charge is 0.394 e. The number of hydrogen-bond donors (Lipinski definition) is 12. The quantitative estimate of drug-likeness (QED) is 0.0312. The molecule has 19 nitrogen and oxygen atoms in total. The van der Waals surface area contributed by atoms with Crippen LogP contribution >= 0.6 is 0 Å². The van der Waals surface area contributed by atoms with Gasteiger partial charge in [-0.3, -0.25) is 4.79 Å². The number of aliphatic hydroxyl groups is 11. The lowest BCUT2D eigenvalue weighted by Gasteiger charge is -2.48. The van der Waals surface area contributed by atoms with Crippen molar-refractivity contribution in [1.82, 2.24) is 5.32 Å². The van der Waals surface area contributed by atoms with Gasteiger partial charge in [-0.15, -0.1) is 0 Å². The van der Waals surface area contributed by atoms with Gasteiger partial charge in [0.15, 0.2) is 18.9 Å². The average Bonchev–Trinajstić information content (AvgIpc) is 3.46. The van der Waals surface area contributed by atoms with E-state index in [0.29, 0.717) is 12.8 Å². The minimum Gasteiger partial charge on any atom is -0.394 e. The van der Waals surface area contributed by atoms with E-state index < -0.39 is 124 Å². The summed E-state index contributed by atoms with van der Waals surface area (Å²) in [7, 11) is 0. The Kier molecular flexibility index (Phi) is 39.6. The zero-order chi connectivity index (χ0) is 56.9. The second-order valence-corrected chi connectivity index (χ2v) is 22.9. The van der Waals surface area contributed by atoms with Gasteiger partial charge in [0.1, 0.15) is 73.2 Å². The molecule has 3 rings (SSSR count). The Hall–Kier alpha value is -1.21. The normalized spacial score (nSPS) is 30.4. The Labute approximate surface area is 468 Å². The maximum absolute atomic E-state index is 13.2. The number of aliphatic hydroxyl groups excluding tert-OH is 11. The first kappa shape index (κ1) is 71.1. The van der Waals surface area contributed by atoms with E-state index in [1.165, 1.54) is 148 Å². The van der Waals surface area contributed by atoms with E-state index in [4.69, 9.17) is 28.4 Å². The zero-order valence-corrected chi connectivity index (χ0v) is 48.2. The van der Waals surface area contributed by atoms with Crippen molar-refractivity contribution < 1.29 is 89.4 Å². The van der Waals surface area contributed by atoms with Gasteiger partial charge in [0.2, 0.25) is 5.91 Å².